The zero-order valence-corrected chi connectivity index (χ0v) is 12.7. The van der Waals surface area contributed by atoms with Crippen LogP contribution in [0.25, 0.3) is 0 Å². The summed E-state index contributed by atoms with van der Waals surface area (Å²) in [4.78, 5) is 24.0. The second-order valence-electron chi connectivity index (χ2n) is 4.28. The topological polar surface area (TPSA) is 89.9 Å². The number of benzene rings is 1. The Balaban J connectivity index is 2.50. The number of nitrogens with one attached hydrogen (secondary N) is 1. The monoisotopic (exact) mass is 312 g/mol. The van der Waals surface area contributed by atoms with Crippen molar-refractivity contribution in [2.24, 2.45) is 0 Å². The van der Waals surface area contributed by atoms with Crippen molar-refractivity contribution < 1.29 is 19.8 Å². The lowest BCUT2D eigenvalue weighted by atomic mass is 10.2. The van der Waals surface area contributed by atoms with Crippen molar-refractivity contribution in [3.05, 3.63) is 24.3 Å². The highest BCUT2D eigenvalue weighted by atomic mass is 32.2. The van der Waals surface area contributed by atoms with Crippen LogP contribution < -0.4 is 10.2 Å². The molecule has 0 aliphatic carbocycles. The van der Waals surface area contributed by atoms with Crippen molar-refractivity contribution in [3.63, 3.8) is 0 Å². The number of hydrogen-bond donors (Lipinski definition) is 3. The Bertz CT molecular complexity index is 465. The molecule has 0 saturated carbocycles. The Kier molecular flexibility index (Phi) is 7.63. The van der Waals surface area contributed by atoms with E-state index in [9.17, 15) is 9.59 Å². The Morgan fingerprint density at radius 1 is 1.24 bits per heavy atom. The van der Waals surface area contributed by atoms with E-state index in [4.69, 9.17) is 10.2 Å². The molecule has 0 aliphatic heterocycles. The zero-order valence-electron chi connectivity index (χ0n) is 11.9. The summed E-state index contributed by atoms with van der Waals surface area (Å²) in [6, 6.07) is 7.32. The second-order valence-corrected chi connectivity index (χ2v) is 5.27. The maximum Gasteiger partial charge on any atom is 0.313 e. The fraction of sp³-hybridized carbons (Fsp3) is 0.429. The average molecular weight is 312 g/mol. The number of carboxylic acids is 1. The SMILES string of the molecule is CCN(CCO)c1ccc(NC(=O)CSCC(=O)O)cc1. The molecule has 6 nitrogen and oxygen atoms in total. The van der Waals surface area contributed by atoms with Crippen molar-refractivity contribution >= 4 is 35.0 Å². The molecule has 1 aromatic rings. The summed E-state index contributed by atoms with van der Waals surface area (Å²) < 4.78 is 0. The van der Waals surface area contributed by atoms with Crippen LogP contribution in [0.5, 0.6) is 0 Å². The fourth-order valence-corrected chi connectivity index (χ4v) is 2.31. The molecule has 1 amide bonds. The van der Waals surface area contributed by atoms with E-state index >= 15 is 0 Å². The van der Waals surface area contributed by atoms with Gasteiger partial charge in [-0.25, -0.2) is 0 Å². The molecule has 116 valence electrons. The van der Waals surface area contributed by atoms with Gasteiger partial charge in [0.2, 0.25) is 5.91 Å². The van der Waals surface area contributed by atoms with Crippen molar-refractivity contribution in [1.29, 1.82) is 0 Å². The van der Waals surface area contributed by atoms with E-state index in [-0.39, 0.29) is 24.0 Å². The average Bonchev–Trinajstić information content (AvgIpc) is 2.45. The third-order valence-corrected chi connectivity index (χ3v) is 3.64. The van der Waals surface area contributed by atoms with Gasteiger partial charge in [0.15, 0.2) is 0 Å². The summed E-state index contributed by atoms with van der Waals surface area (Å²) in [7, 11) is 0. The molecular formula is C14H20N2O4S. The number of thioether (sulfide) groups is 1. The van der Waals surface area contributed by atoms with Gasteiger partial charge in [-0.3, -0.25) is 9.59 Å². The van der Waals surface area contributed by atoms with Crippen LogP contribution in [-0.2, 0) is 9.59 Å². The summed E-state index contributed by atoms with van der Waals surface area (Å²) in [5, 5.41) is 20.2. The summed E-state index contributed by atoms with van der Waals surface area (Å²) in [6.45, 7) is 3.45. The summed E-state index contributed by atoms with van der Waals surface area (Å²) in [5.74, 6) is -1.13. The molecule has 7 heteroatoms. The molecule has 0 fully saturated rings. The number of nitrogens with zero attached hydrogens (tertiary/aromatic N) is 1. The Morgan fingerprint density at radius 3 is 2.43 bits per heavy atom. The lowest BCUT2D eigenvalue weighted by molar-refractivity contribution is -0.133. The predicted molar refractivity (Wildman–Crippen MR) is 85.0 cm³/mol. The maximum absolute atomic E-state index is 11.6. The van der Waals surface area contributed by atoms with Crippen LogP contribution in [0, 0.1) is 0 Å². The fourth-order valence-electron chi connectivity index (χ4n) is 1.77. The van der Waals surface area contributed by atoms with E-state index < -0.39 is 5.97 Å². The number of anilines is 2. The molecular weight excluding hydrogens is 292 g/mol. The molecule has 0 bridgehead atoms. The molecule has 21 heavy (non-hydrogen) atoms. The van der Waals surface area contributed by atoms with Gasteiger partial charge in [-0.1, -0.05) is 0 Å². The number of hydrogen-bond acceptors (Lipinski definition) is 5. The van der Waals surface area contributed by atoms with Crippen LogP contribution in [0.2, 0.25) is 0 Å². The zero-order chi connectivity index (χ0) is 15.7. The highest BCUT2D eigenvalue weighted by Crippen LogP contribution is 2.17. The largest absolute Gasteiger partial charge is 0.481 e. The quantitative estimate of drug-likeness (QED) is 0.636. The molecule has 0 heterocycles. The molecule has 0 spiro atoms. The lowest BCUT2D eigenvalue weighted by Crippen LogP contribution is -2.26. The Hall–Kier alpha value is -1.73. The highest BCUT2D eigenvalue weighted by molar-refractivity contribution is 8.00. The first kappa shape index (κ1) is 17.3. The second kappa shape index (κ2) is 9.25. The number of amides is 1. The van der Waals surface area contributed by atoms with Crippen LogP contribution in [0.1, 0.15) is 6.92 Å². The minimum atomic E-state index is -0.930. The number of aliphatic carboxylic acids is 1. The molecule has 1 rings (SSSR count). The summed E-state index contributed by atoms with van der Waals surface area (Å²) in [5.41, 5.74) is 1.64. The minimum Gasteiger partial charge on any atom is -0.481 e. The molecule has 1 aromatic carbocycles. The first-order chi connectivity index (χ1) is 10.1. The number of carbonyl (C=O) groups excluding carboxylic acids is 1. The van der Waals surface area contributed by atoms with Crippen molar-refractivity contribution in [3.8, 4) is 0 Å². The number of aliphatic hydroxyl groups is 1. The Morgan fingerprint density at radius 2 is 1.90 bits per heavy atom. The van der Waals surface area contributed by atoms with E-state index in [0.717, 1.165) is 24.0 Å². The van der Waals surface area contributed by atoms with Crippen LogP contribution in [0.15, 0.2) is 24.3 Å². The van der Waals surface area contributed by atoms with Gasteiger partial charge in [0.1, 0.15) is 0 Å². The molecule has 0 unspecified atom stereocenters. The Labute approximate surface area is 128 Å². The molecule has 0 radical (unpaired) electrons. The molecule has 0 atom stereocenters. The third kappa shape index (κ3) is 6.50. The van der Waals surface area contributed by atoms with Gasteiger partial charge in [0.25, 0.3) is 0 Å². The first-order valence-corrected chi connectivity index (χ1v) is 7.77. The standard InChI is InChI=1S/C14H20N2O4S/c1-2-16(7-8-17)12-5-3-11(4-6-12)15-13(18)9-21-10-14(19)20/h3-6,17H,2,7-10H2,1H3,(H,15,18)(H,19,20). The van der Waals surface area contributed by atoms with E-state index in [0.29, 0.717) is 12.2 Å². The van der Waals surface area contributed by atoms with E-state index in [1.165, 1.54) is 0 Å². The smallest absolute Gasteiger partial charge is 0.313 e. The van der Waals surface area contributed by atoms with E-state index in [1.807, 2.05) is 24.0 Å². The van der Waals surface area contributed by atoms with E-state index in [1.54, 1.807) is 12.1 Å². The number of likely N-dealkylation sites (N-methyl/N-ethyl adjacent to an activating group) is 1. The molecule has 0 aromatic heterocycles. The molecule has 0 aliphatic rings. The first-order valence-electron chi connectivity index (χ1n) is 6.62. The number of aliphatic hydroxyl groups excluding tert-OH is 1. The van der Waals surface area contributed by atoms with Gasteiger partial charge in [-0.05, 0) is 31.2 Å². The third-order valence-electron chi connectivity index (χ3n) is 2.73. The predicted octanol–water partition coefficient (Wildman–Crippen LogP) is 1.26. The van der Waals surface area contributed by atoms with Crippen molar-refractivity contribution in [1.82, 2.24) is 0 Å². The van der Waals surface area contributed by atoms with Gasteiger partial charge in [-0.2, -0.15) is 0 Å². The van der Waals surface area contributed by atoms with Gasteiger partial charge in [0, 0.05) is 24.5 Å². The minimum absolute atomic E-state index is 0.0843. The van der Waals surface area contributed by atoms with Gasteiger partial charge >= 0.3 is 5.97 Å². The van der Waals surface area contributed by atoms with Crippen molar-refractivity contribution in [2.75, 3.05) is 41.4 Å². The molecule has 3 N–H and O–H groups in total. The highest BCUT2D eigenvalue weighted by Gasteiger charge is 2.06. The van der Waals surface area contributed by atoms with Gasteiger partial charge in [-0.15, -0.1) is 11.8 Å². The summed E-state index contributed by atoms with van der Waals surface area (Å²) >= 11 is 1.06. The van der Waals surface area contributed by atoms with Gasteiger partial charge in [0.05, 0.1) is 18.1 Å². The number of rotatable bonds is 9. The lowest BCUT2D eigenvalue weighted by Gasteiger charge is -2.22. The van der Waals surface area contributed by atoms with Crippen molar-refractivity contribution in [2.45, 2.75) is 6.92 Å². The summed E-state index contributed by atoms with van der Waals surface area (Å²) in [6.07, 6.45) is 0. The number of carbonyl (C=O) groups is 2. The molecule has 0 saturated heterocycles. The van der Waals surface area contributed by atoms with Crippen LogP contribution >= 0.6 is 11.8 Å². The van der Waals surface area contributed by atoms with Crippen LogP contribution in [0.4, 0.5) is 11.4 Å². The van der Waals surface area contributed by atoms with Crippen LogP contribution in [-0.4, -0.2) is 53.3 Å². The van der Waals surface area contributed by atoms with E-state index in [2.05, 4.69) is 5.32 Å². The van der Waals surface area contributed by atoms with Gasteiger partial charge < -0.3 is 20.4 Å². The maximum atomic E-state index is 11.6. The number of carboxylic acid groups (broad SMARTS) is 1. The van der Waals surface area contributed by atoms with Crippen LogP contribution in [0.3, 0.4) is 0 Å². The normalized spacial score (nSPS) is 10.2.